The van der Waals surface area contributed by atoms with Crippen molar-refractivity contribution in [3.05, 3.63) is 0 Å². The normalized spacial score (nSPS) is 25.5. The third-order valence-electron chi connectivity index (χ3n) is 3.85. The Kier molecular flexibility index (Phi) is 3.29. The van der Waals surface area contributed by atoms with Gasteiger partial charge in [0.2, 0.25) is 0 Å². The minimum Gasteiger partial charge on any atom is -0.468 e. The van der Waals surface area contributed by atoms with Gasteiger partial charge < -0.3 is 10.1 Å². The van der Waals surface area contributed by atoms with Gasteiger partial charge in [0.1, 0.15) is 6.04 Å². The van der Waals surface area contributed by atoms with E-state index < -0.39 is 0 Å². The molecule has 0 aromatic rings. The molecule has 0 heterocycles. The van der Waals surface area contributed by atoms with Gasteiger partial charge in [0.25, 0.3) is 0 Å². The Balaban J connectivity index is 1.84. The summed E-state index contributed by atoms with van der Waals surface area (Å²) in [4.78, 5) is 11.6. The predicted octanol–water partition coefficient (Wildman–Crippen LogP) is 1.72. The summed E-state index contributed by atoms with van der Waals surface area (Å²) < 4.78 is 4.84. The summed E-state index contributed by atoms with van der Waals surface area (Å²) in [5, 5.41) is 3.46. The van der Waals surface area contributed by atoms with Crippen LogP contribution in [0.2, 0.25) is 0 Å². The average molecular weight is 211 g/mol. The molecule has 3 heteroatoms. The predicted molar refractivity (Wildman–Crippen MR) is 58.5 cm³/mol. The quantitative estimate of drug-likeness (QED) is 0.704. The number of methoxy groups -OCH3 is 1. The van der Waals surface area contributed by atoms with Crippen molar-refractivity contribution in [1.29, 1.82) is 0 Å². The molecule has 2 aliphatic carbocycles. The van der Waals surface area contributed by atoms with Crippen molar-refractivity contribution >= 4 is 5.97 Å². The molecule has 0 aromatic carbocycles. The van der Waals surface area contributed by atoms with Crippen LogP contribution in [-0.2, 0) is 9.53 Å². The van der Waals surface area contributed by atoms with E-state index >= 15 is 0 Å². The average Bonchev–Trinajstić information content (AvgIpc) is 2.93. The molecule has 0 bridgehead atoms. The summed E-state index contributed by atoms with van der Waals surface area (Å²) in [5.41, 5.74) is 0. The van der Waals surface area contributed by atoms with Gasteiger partial charge in [0.05, 0.1) is 7.11 Å². The van der Waals surface area contributed by atoms with Crippen LogP contribution in [0.5, 0.6) is 0 Å². The number of carbonyl (C=O) groups excluding carboxylic acids is 1. The van der Waals surface area contributed by atoms with Crippen molar-refractivity contribution in [2.75, 3.05) is 7.11 Å². The van der Waals surface area contributed by atoms with E-state index in [0.29, 0.717) is 12.0 Å². The van der Waals surface area contributed by atoms with Crippen LogP contribution >= 0.6 is 0 Å². The topological polar surface area (TPSA) is 38.3 Å². The second-order valence-electron chi connectivity index (χ2n) is 4.98. The molecule has 0 aliphatic heterocycles. The zero-order valence-corrected chi connectivity index (χ0v) is 9.66. The zero-order chi connectivity index (χ0) is 10.8. The van der Waals surface area contributed by atoms with E-state index in [1.54, 1.807) is 0 Å². The van der Waals surface area contributed by atoms with Crippen LogP contribution in [-0.4, -0.2) is 25.2 Å². The van der Waals surface area contributed by atoms with Gasteiger partial charge in [0, 0.05) is 6.04 Å². The second kappa shape index (κ2) is 4.52. The van der Waals surface area contributed by atoms with Crippen LogP contribution in [0.3, 0.4) is 0 Å². The number of carbonyl (C=O) groups is 1. The Bertz CT molecular complexity index is 234. The molecule has 15 heavy (non-hydrogen) atoms. The number of esters is 1. The Morgan fingerprint density at radius 3 is 2.33 bits per heavy atom. The number of hydrogen-bond donors (Lipinski definition) is 1. The van der Waals surface area contributed by atoms with Crippen LogP contribution in [0, 0.1) is 11.8 Å². The van der Waals surface area contributed by atoms with E-state index in [9.17, 15) is 4.79 Å². The molecule has 0 spiro atoms. The zero-order valence-electron chi connectivity index (χ0n) is 9.66. The fourth-order valence-electron chi connectivity index (χ4n) is 2.31. The van der Waals surface area contributed by atoms with E-state index in [-0.39, 0.29) is 12.0 Å². The van der Waals surface area contributed by atoms with E-state index in [4.69, 9.17) is 4.74 Å². The first-order valence-electron chi connectivity index (χ1n) is 6.06. The summed E-state index contributed by atoms with van der Waals surface area (Å²) in [7, 11) is 1.48. The lowest BCUT2D eigenvalue weighted by molar-refractivity contribution is -0.144. The highest BCUT2D eigenvalue weighted by Gasteiger charge is 2.39. The SMILES string of the molecule is COC(=O)C(NC(C)C1CCC1)C1CC1. The van der Waals surface area contributed by atoms with Crippen LogP contribution in [0.4, 0.5) is 0 Å². The van der Waals surface area contributed by atoms with Gasteiger partial charge in [-0.1, -0.05) is 6.42 Å². The molecule has 3 nitrogen and oxygen atoms in total. The Labute approximate surface area is 91.6 Å². The molecule has 0 aromatic heterocycles. The molecular weight excluding hydrogens is 190 g/mol. The number of ether oxygens (including phenoxy) is 1. The molecule has 2 fully saturated rings. The van der Waals surface area contributed by atoms with Crippen molar-refractivity contribution in [2.24, 2.45) is 11.8 Å². The fourth-order valence-corrected chi connectivity index (χ4v) is 2.31. The van der Waals surface area contributed by atoms with Gasteiger partial charge in [-0.25, -0.2) is 0 Å². The molecule has 0 amide bonds. The van der Waals surface area contributed by atoms with E-state index in [2.05, 4.69) is 12.2 Å². The molecule has 2 unspecified atom stereocenters. The number of rotatable bonds is 5. The Morgan fingerprint density at radius 2 is 1.93 bits per heavy atom. The van der Waals surface area contributed by atoms with Gasteiger partial charge in [-0.2, -0.15) is 0 Å². The summed E-state index contributed by atoms with van der Waals surface area (Å²) >= 11 is 0. The maximum Gasteiger partial charge on any atom is 0.323 e. The van der Waals surface area contributed by atoms with Crippen LogP contribution in [0.1, 0.15) is 39.0 Å². The largest absolute Gasteiger partial charge is 0.468 e. The minimum absolute atomic E-state index is 0.0504. The van der Waals surface area contributed by atoms with Crippen LogP contribution in [0.15, 0.2) is 0 Å². The van der Waals surface area contributed by atoms with E-state index in [1.807, 2.05) is 0 Å². The van der Waals surface area contributed by atoms with Gasteiger partial charge in [0.15, 0.2) is 0 Å². The summed E-state index contributed by atoms with van der Waals surface area (Å²) in [6.07, 6.45) is 6.32. The highest BCUT2D eigenvalue weighted by molar-refractivity contribution is 5.76. The van der Waals surface area contributed by atoms with Gasteiger partial charge >= 0.3 is 5.97 Å². The molecule has 2 aliphatic rings. The lowest BCUT2D eigenvalue weighted by Gasteiger charge is -2.34. The van der Waals surface area contributed by atoms with Crippen molar-refractivity contribution < 1.29 is 9.53 Å². The van der Waals surface area contributed by atoms with Crippen molar-refractivity contribution in [1.82, 2.24) is 5.32 Å². The molecule has 2 saturated carbocycles. The number of hydrogen-bond acceptors (Lipinski definition) is 3. The maximum atomic E-state index is 11.6. The summed E-state index contributed by atoms with van der Waals surface area (Å²) in [6, 6.07) is 0.411. The Morgan fingerprint density at radius 1 is 1.27 bits per heavy atom. The second-order valence-corrected chi connectivity index (χ2v) is 4.98. The maximum absolute atomic E-state index is 11.6. The van der Waals surface area contributed by atoms with Gasteiger partial charge in [-0.05, 0) is 44.4 Å². The van der Waals surface area contributed by atoms with Gasteiger partial charge in [-0.3, -0.25) is 4.79 Å². The summed E-state index contributed by atoms with van der Waals surface area (Å²) in [5.74, 6) is 1.22. The van der Waals surface area contributed by atoms with Crippen molar-refractivity contribution in [2.45, 2.75) is 51.1 Å². The fraction of sp³-hybridized carbons (Fsp3) is 0.917. The Hall–Kier alpha value is -0.570. The lowest BCUT2D eigenvalue weighted by atomic mass is 9.80. The molecule has 2 rings (SSSR count). The molecule has 2 atom stereocenters. The third kappa shape index (κ3) is 2.51. The van der Waals surface area contributed by atoms with E-state index in [1.165, 1.54) is 39.2 Å². The van der Waals surface area contributed by atoms with Crippen molar-refractivity contribution in [3.63, 3.8) is 0 Å². The lowest BCUT2D eigenvalue weighted by Crippen LogP contribution is -2.48. The molecule has 0 saturated heterocycles. The highest BCUT2D eigenvalue weighted by Crippen LogP contribution is 2.35. The molecule has 1 N–H and O–H groups in total. The minimum atomic E-state index is -0.0799. The standard InChI is InChI=1S/C12H21NO2/c1-8(9-4-3-5-9)13-11(10-6-7-10)12(14)15-2/h8-11,13H,3-7H2,1-2H3. The van der Waals surface area contributed by atoms with E-state index in [0.717, 1.165) is 5.92 Å². The van der Waals surface area contributed by atoms with Crippen LogP contribution in [0.25, 0.3) is 0 Å². The smallest absolute Gasteiger partial charge is 0.323 e. The number of nitrogens with one attached hydrogen (secondary N) is 1. The third-order valence-corrected chi connectivity index (χ3v) is 3.85. The monoisotopic (exact) mass is 211 g/mol. The first-order chi connectivity index (χ1) is 7.22. The van der Waals surface area contributed by atoms with Crippen molar-refractivity contribution in [3.8, 4) is 0 Å². The molecular formula is C12H21NO2. The van der Waals surface area contributed by atoms with Crippen LogP contribution < -0.4 is 5.32 Å². The molecule has 86 valence electrons. The first-order valence-corrected chi connectivity index (χ1v) is 6.06. The first kappa shape index (κ1) is 10.9. The molecule has 0 radical (unpaired) electrons. The summed E-state index contributed by atoms with van der Waals surface area (Å²) in [6.45, 7) is 2.20. The highest BCUT2D eigenvalue weighted by atomic mass is 16.5. The van der Waals surface area contributed by atoms with Gasteiger partial charge in [-0.15, -0.1) is 0 Å².